The Kier molecular flexibility index (Phi) is 19.2. The van der Waals surface area contributed by atoms with Crippen LogP contribution in [-0.4, -0.2) is 112 Å². The van der Waals surface area contributed by atoms with Crippen molar-refractivity contribution in [2.75, 3.05) is 37.8 Å². The van der Waals surface area contributed by atoms with Crippen LogP contribution in [0.4, 0.5) is 20.2 Å². The topological polar surface area (TPSA) is 241 Å². The maximum atomic E-state index is 14.6. The molecule has 2 saturated heterocycles. The lowest BCUT2D eigenvalue weighted by atomic mass is 9.99. The second-order valence-corrected chi connectivity index (χ2v) is 21.1. The number of likely N-dealkylation sites (N-methyl/N-ethyl adjacent to an activating group) is 2. The van der Waals surface area contributed by atoms with Crippen LogP contribution in [0.15, 0.2) is 158 Å². The number of amides is 6. The summed E-state index contributed by atoms with van der Waals surface area (Å²) >= 11 is 0. The van der Waals surface area contributed by atoms with Gasteiger partial charge in [-0.1, -0.05) is 30.3 Å². The number of likely N-dealkylation sites (tertiary alicyclic amines) is 2. The summed E-state index contributed by atoms with van der Waals surface area (Å²) in [4.78, 5) is 122. The first-order valence-corrected chi connectivity index (χ1v) is 28.0. The molecule has 20 heteroatoms. The fourth-order valence-corrected chi connectivity index (χ4v) is 10.4. The summed E-state index contributed by atoms with van der Waals surface area (Å²) < 4.78 is 27.2. The smallest absolute Gasteiger partial charge is 0.255 e. The molecule has 0 saturated carbocycles. The molecule has 85 heavy (non-hydrogen) atoms. The molecule has 2 aromatic heterocycles. The first-order valence-electron chi connectivity index (χ1n) is 28.0. The average Bonchev–Trinajstić information content (AvgIpc) is 4.07. The number of carbonyl (C=O) groups excluding carboxylic acids is 8. The first-order chi connectivity index (χ1) is 41.0. The molecule has 6 atom stereocenters. The Labute approximate surface area is 490 Å². The van der Waals surface area contributed by atoms with Gasteiger partial charge in [0.15, 0.2) is 11.6 Å². The van der Waals surface area contributed by atoms with E-state index in [2.05, 4.69) is 41.9 Å². The first kappa shape index (κ1) is 59.9. The van der Waals surface area contributed by atoms with E-state index in [0.29, 0.717) is 83.5 Å². The minimum atomic E-state index is -1.13. The Morgan fingerprint density at radius 1 is 0.518 bits per heavy atom. The summed E-state index contributed by atoms with van der Waals surface area (Å²) in [5, 5.41) is 17.3. The van der Waals surface area contributed by atoms with Crippen LogP contribution in [0.1, 0.15) is 132 Å². The van der Waals surface area contributed by atoms with Crippen LogP contribution >= 0.6 is 0 Å². The van der Waals surface area contributed by atoms with Crippen molar-refractivity contribution in [2.45, 2.75) is 82.2 Å². The molecule has 4 heterocycles. The minimum absolute atomic E-state index is 0.116. The number of carbonyl (C=O) groups is 8. The van der Waals surface area contributed by atoms with Gasteiger partial charge in [0.2, 0.25) is 23.6 Å². The van der Waals surface area contributed by atoms with Crippen molar-refractivity contribution in [3.05, 3.63) is 226 Å². The molecule has 5 aromatic carbocycles. The van der Waals surface area contributed by atoms with E-state index >= 15 is 0 Å². The Morgan fingerprint density at radius 3 is 1.44 bits per heavy atom. The van der Waals surface area contributed by atoms with Crippen molar-refractivity contribution >= 4 is 58.4 Å². The summed E-state index contributed by atoms with van der Waals surface area (Å²) in [6, 6.07) is 29.1. The van der Waals surface area contributed by atoms with E-state index in [9.17, 15) is 47.1 Å². The normalized spacial score (nSPS) is 16.1. The Bertz CT molecular complexity index is 3620. The zero-order valence-corrected chi connectivity index (χ0v) is 47.2. The lowest BCUT2D eigenvalue weighted by molar-refractivity contribution is -0.138. The molecule has 2 aliphatic heterocycles. The SMILES string of the molecule is CN[C@@H](C)C(=O)NC(C(=O)N1CCC[C@H]1c1cncc(C(=O)c2ccc(F)cc2)c1)c1ccc(NC(=O)c2cccc(C(=O)Nc3ccc(C[C@H](NC(=O)[C@H](C)NC)C(=O)N4CCCC4c4cncc(C(=O)c5ccc(F)cc5)c4)cc3)c2)cc1. The largest absolute Gasteiger partial charge is 0.343 e. The highest BCUT2D eigenvalue weighted by Gasteiger charge is 2.38. The number of halogens is 2. The molecule has 6 N–H and O–H groups in total. The summed E-state index contributed by atoms with van der Waals surface area (Å²) in [6.45, 7) is 4.13. The van der Waals surface area contributed by atoms with Gasteiger partial charge in [0.05, 0.1) is 24.2 Å². The molecule has 2 fully saturated rings. The van der Waals surface area contributed by atoms with E-state index in [1.54, 1.807) is 129 Å². The molecule has 6 amide bonds. The molecular formula is C65H64F2N10O8. The Morgan fingerprint density at radius 2 is 0.965 bits per heavy atom. The lowest BCUT2D eigenvalue weighted by Gasteiger charge is -2.30. The molecule has 436 valence electrons. The van der Waals surface area contributed by atoms with Gasteiger partial charge in [-0.2, -0.15) is 0 Å². The highest BCUT2D eigenvalue weighted by atomic mass is 19.1. The highest BCUT2D eigenvalue weighted by molar-refractivity contribution is 6.10. The van der Waals surface area contributed by atoms with Crippen molar-refractivity contribution in [3.63, 3.8) is 0 Å². The molecule has 9 rings (SSSR count). The van der Waals surface area contributed by atoms with Crippen LogP contribution in [0.25, 0.3) is 0 Å². The van der Waals surface area contributed by atoms with E-state index in [0.717, 1.165) is 0 Å². The number of anilines is 2. The third kappa shape index (κ3) is 14.4. The predicted molar refractivity (Wildman–Crippen MR) is 314 cm³/mol. The highest BCUT2D eigenvalue weighted by Crippen LogP contribution is 2.36. The number of aromatic nitrogens is 2. The Balaban J connectivity index is 0.841. The molecule has 0 spiro atoms. The minimum Gasteiger partial charge on any atom is -0.343 e. The molecule has 2 unspecified atom stereocenters. The molecular weight excluding hydrogens is 1090 g/mol. The lowest BCUT2D eigenvalue weighted by Crippen LogP contribution is -2.53. The van der Waals surface area contributed by atoms with Crippen molar-refractivity contribution in [3.8, 4) is 0 Å². The molecule has 0 radical (unpaired) electrons. The third-order valence-corrected chi connectivity index (χ3v) is 15.4. The predicted octanol–water partition coefficient (Wildman–Crippen LogP) is 7.85. The number of hydrogen-bond acceptors (Lipinski definition) is 12. The zero-order chi connectivity index (χ0) is 60.3. The maximum Gasteiger partial charge on any atom is 0.255 e. The number of rotatable bonds is 21. The van der Waals surface area contributed by atoms with E-state index < -0.39 is 65.6 Å². The fraction of sp³-hybridized carbons (Fsp3) is 0.262. The summed E-state index contributed by atoms with van der Waals surface area (Å²) in [5.74, 6) is -4.14. The van der Waals surface area contributed by atoms with Gasteiger partial charge >= 0.3 is 0 Å². The van der Waals surface area contributed by atoms with Crippen LogP contribution in [0.5, 0.6) is 0 Å². The van der Waals surface area contributed by atoms with Gasteiger partial charge in [-0.3, -0.25) is 48.3 Å². The second kappa shape index (κ2) is 27.2. The van der Waals surface area contributed by atoms with Crippen LogP contribution in [0.3, 0.4) is 0 Å². The van der Waals surface area contributed by atoms with Crippen molar-refractivity contribution in [2.24, 2.45) is 0 Å². The van der Waals surface area contributed by atoms with Crippen molar-refractivity contribution < 1.29 is 47.1 Å². The monoisotopic (exact) mass is 1150 g/mol. The van der Waals surface area contributed by atoms with Crippen molar-refractivity contribution in [1.29, 1.82) is 0 Å². The standard InChI is InChI=1S/C65H64F2N10O8/c1-38(68-3)60(80)74-54(64(84)76-28-6-10-55(76)46-32-48(36-70-34-46)58(78)42-14-20-50(66)21-15-42)30-40-12-24-52(25-13-40)72-62(82)44-8-5-9-45(31-44)63(83)73-53-26-18-41(19-27-53)57(75-61(81)39(2)69-4)65(85)77-29-7-11-56(77)47-33-49(37-71-35-47)59(79)43-16-22-51(67)23-17-43/h5,8-9,12-27,31-39,54-57,68-69H,6-7,10-11,28-30H2,1-4H3,(H,72,82)(H,73,83)(H,74,80)(H,75,81)/t38-,39-,54-,55?,56-,57?/m0/s1. The summed E-state index contributed by atoms with van der Waals surface area (Å²) in [7, 11) is 3.27. The average molecular weight is 1150 g/mol. The van der Waals surface area contributed by atoms with Gasteiger partial charge in [-0.05, 0) is 179 Å². The van der Waals surface area contributed by atoms with E-state index in [4.69, 9.17) is 0 Å². The maximum absolute atomic E-state index is 14.6. The van der Waals surface area contributed by atoms with Crippen LogP contribution in [0.2, 0.25) is 0 Å². The molecule has 7 aromatic rings. The number of nitrogens with zero attached hydrogens (tertiary/aromatic N) is 4. The molecule has 2 aliphatic rings. The third-order valence-electron chi connectivity index (χ3n) is 15.4. The van der Waals surface area contributed by atoms with Gasteiger partial charge in [-0.25, -0.2) is 8.78 Å². The number of nitrogens with one attached hydrogen (secondary N) is 6. The molecule has 0 aliphatic carbocycles. The molecule has 18 nitrogen and oxygen atoms in total. The number of hydrogen-bond donors (Lipinski definition) is 6. The van der Waals surface area contributed by atoms with Crippen LogP contribution in [-0.2, 0) is 25.6 Å². The van der Waals surface area contributed by atoms with Gasteiger partial charge < -0.3 is 41.7 Å². The van der Waals surface area contributed by atoms with E-state index in [-0.39, 0.29) is 58.0 Å². The van der Waals surface area contributed by atoms with Gasteiger partial charge in [0.1, 0.15) is 23.7 Å². The second-order valence-electron chi connectivity index (χ2n) is 21.1. The van der Waals surface area contributed by atoms with E-state index in [1.165, 1.54) is 67.0 Å². The summed E-state index contributed by atoms with van der Waals surface area (Å²) in [6.07, 6.45) is 8.71. The number of ketones is 2. The Hall–Kier alpha value is -9.66. The van der Waals surface area contributed by atoms with Gasteiger partial charge in [0, 0.05) is 89.1 Å². The zero-order valence-electron chi connectivity index (χ0n) is 47.2. The fourth-order valence-electron chi connectivity index (χ4n) is 10.4. The van der Waals surface area contributed by atoms with Gasteiger partial charge in [0.25, 0.3) is 11.8 Å². The van der Waals surface area contributed by atoms with Crippen LogP contribution < -0.4 is 31.9 Å². The summed E-state index contributed by atoms with van der Waals surface area (Å²) in [5.41, 5.74) is 4.76. The number of pyridine rings is 2. The molecule has 0 bridgehead atoms. The van der Waals surface area contributed by atoms with Crippen LogP contribution in [0, 0.1) is 11.6 Å². The number of benzene rings is 5. The van der Waals surface area contributed by atoms with Crippen molar-refractivity contribution in [1.82, 2.24) is 41.0 Å². The van der Waals surface area contributed by atoms with Gasteiger partial charge in [-0.15, -0.1) is 0 Å². The quantitative estimate of drug-likeness (QED) is 0.0377. The van der Waals surface area contributed by atoms with E-state index in [1.807, 2.05) is 0 Å².